The van der Waals surface area contributed by atoms with E-state index in [1.165, 1.54) is 6.20 Å². The Balaban J connectivity index is 1.52. The lowest BCUT2D eigenvalue weighted by atomic mass is 9.74. The Labute approximate surface area is 169 Å². The largest absolute Gasteiger partial charge is 0.477 e. The van der Waals surface area contributed by atoms with E-state index in [0.717, 1.165) is 43.4 Å². The molecule has 2 aromatic heterocycles. The Hall–Kier alpha value is -2.26. The summed E-state index contributed by atoms with van der Waals surface area (Å²) in [5.41, 5.74) is 8.09. The summed E-state index contributed by atoms with van der Waals surface area (Å²) in [6.45, 7) is 5.24. The highest BCUT2D eigenvalue weighted by atomic mass is 32.1. The average molecular weight is 403 g/mol. The molecule has 0 amide bonds. The summed E-state index contributed by atoms with van der Waals surface area (Å²) in [7, 11) is 0. The molecule has 0 radical (unpaired) electrons. The van der Waals surface area contributed by atoms with Gasteiger partial charge in [0.1, 0.15) is 0 Å². The smallest absolute Gasteiger partial charge is 0.232 e. The van der Waals surface area contributed by atoms with E-state index < -0.39 is 0 Å². The molecule has 150 valence electrons. The molecule has 0 atom stereocenters. The molecule has 8 nitrogen and oxygen atoms in total. The second-order valence-corrected chi connectivity index (χ2v) is 7.73. The molecule has 1 saturated carbocycles. The molecular weight excluding hydrogens is 376 g/mol. The van der Waals surface area contributed by atoms with Crippen molar-refractivity contribution in [3.05, 3.63) is 24.2 Å². The Kier molecular flexibility index (Phi) is 5.20. The molecule has 2 aliphatic rings. The second kappa shape index (κ2) is 7.63. The number of nitrogens with one attached hydrogen (secondary N) is 1. The molecule has 2 aromatic rings. The molecular formula is C19H26N6O2S. The Morgan fingerprint density at radius 1 is 1.54 bits per heavy atom. The number of aliphatic imine (C=N–C) groups is 1. The van der Waals surface area contributed by atoms with Crippen molar-refractivity contribution in [1.29, 1.82) is 0 Å². The van der Waals surface area contributed by atoms with Gasteiger partial charge in [-0.05, 0) is 45.6 Å². The number of anilines is 1. The molecule has 0 aromatic carbocycles. The fourth-order valence-corrected chi connectivity index (χ4v) is 4.18. The van der Waals surface area contributed by atoms with E-state index in [9.17, 15) is 0 Å². The van der Waals surface area contributed by atoms with Crippen molar-refractivity contribution in [3.8, 4) is 5.88 Å². The molecule has 1 spiro atoms. The number of hydrogen-bond acceptors (Lipinski definition) is 8. The standard InChI is InChI=1S/C19H26N6O2S/c1-3-26-17-14-5-7-25(28)16(14)23-18(24-17)22-15(11-20)12(2)21-13-9-19(10-13)6-4-8-27-19/h5,7,11,13,28H,3-4,6,8-10,20H2,1-2H3,(H,22,23,24). The van der Waals surface area contributed by atoms with Gasteiger partial charge in [0.15, 0.2) is 5.65 Å². The number of thiol groups is 1. The summed E-state index contributed by atoms with van der Waals surface area (Å²) in [5, 5.41) is 3.98. The average Bonchev–Trinajstić information content (AvgIpc) is 3.27. The minimum absolute atomic E-state index is 0.0764. The van der Waals surface area contributed by atoms with Gasteiger partial charge in [-0.1, -0.05) is 12.8 Å². The van der Waals surface area contributed by atoms with Crippen molar-refractivity contribution >= 4 is 35.5 Å². The molecule has 9 heteroatoms. The lowest BCUT2D eigenvalue weighted by molar-refractivity contribution is -0.0666. The maximum Gasteiger partial charge on any atom is 0.232 e. The first-order valence-corrected chi connectivity index (χ1v) is 10.0. The topological polar surface area (TPSA) is 99.6 Å². The quantitative estimate of drug-likeness (QED) is 0.507. The lowest BCUT2D eigenvalue weighted by Crippen LogP contribution is -2.46. The number of rotatable bonds is 6. The van der Waals surface area contributed by atoms with Gasteiger partial charge in [0.2, 0.25) is 11.8 Å². The number of allylic oxidation sites excluding steroid dienone is 1. The van der Waals surface area contributed by atoms with Crippen molar-refractivity contribution in [3.63, 3.8) is 0 Å². The third-order valence-electron chi connectivity index (χ3n) is 5.35. The van der Waals surface area contributed by atoms with Crippen molar-refractivity contribution in [2.45, 2.75) is 51.2 Å². The van der Waals surface area contributed by atoms with Crippen LogP contribution in [0.15, 0.2) is 29.2 Å². The van der Waals surface area contributed by atoms with Crippen molar-refractivity contribution in [1.82, 2.24) is 13.9 Å². The molecule has 1 saturated heterocycles. The van der Waals surface area contributed by atoms with Crippen molar-refractivity contribution in [2.75, 3.05) is 18.5 Å². The van der Waals surface area contributed by atoms with Crippen LogP contribution in [-0.2, 0) is 4.74 Å². The summed E-state index contributed by atoms with van der Waals surface area (Å²) in [4.78, 5) is 13.8. The maximum absolute atomic E-state index is 5.88. The number of aromatic nitrogens is 3. The molecule has 3 N–H and O–H groups in total. The van der Waals surface area contributed by atoms with E-state index in [0.29, 0.717) is 29.8 Å². The molecule has 3 heterocycles. The van der Waals surface area contributed by atoms with E-state index in [2.05, 4.69) is 28.1 Å². The van der Waals surface area contributed by atoms with Gasteiger partial charge in [0, 0.05) is 19.0 Å². The molecule has 1 aliphatic heterocycles. The molecule has 0 unspecified atom stereocenters. The fourth-order valence-electron chi connectivity index (χ4n) is 3.96. The van der Waals surface area contributed by atoms with Crippen LogP contribution >= 0.6 is 12.8 Å². The lowest BCUT2D eigenvalue weighted by Gasteiger charge is -2.42. The maximum atomic E-state index is 5.88. The molecule has 28 heavy (non-hydrogen) atoms. The van der Waals surface area contributed by atoms with Gasteiger partial charge in [0.25, 0.3) is 0 Å². The van der Waals surface area contributed by atoms with E-state index >= 15 is 0 Å². The van der Waals surface area contributed by atoms with E-state index in [1.807, 2.05) is 19.9 Å². The van der Waals surface area contributed by atoms with Crippen LogP contribution < -0.4 is 15.8 Å². The second-order valence-electron chi connectivity index (χ2n) is 7.30. The minimum Gasteiger partial charge on any atom is -0.477 e. The molecule has 4 rings (SSSR count). The third kappa shape index (κ3) is 3.56. The Morgan fingerprint density at radius 2 is 2.36 bits per heavy atom. The van der Waals surface area contributed by atoms with E-state index in [-0.39, 0.29) is 11.6 Å². The highest BCUT2D eigenvalue weighted by Gasteiger charge is 2.47. The van der Waals surface area contributed by atoms with Crippen LogP contribution in [0.2, 0.25) is 0 Å². The van der Waals surface area contributed by atoms with Crippen LogP contribution in [0, 0.1) is 0 Å². The van der Waals surface area contributed by atoms with Crippen molar-refractivity contribution in [2.24, 2.45) is 10.7 Å². The highest BCUT2D eigenvalue weighted by Crippen LogP contribution is 2.45. The van der Waals surface area contributed by atoms with E-state index in [4.69, 9.17) is 20.2 Å². The van der Waals surface area contributed by atoms with Gasteiger partial charge < -0.3 is 20.5 Å². The fraction of sp³-hybridized carbons (Fsp3) is 0.526. The minimum atomic E-state index is 0.0764. The predicted octanol–water partition coefficient (Wildman–Crippen LogP) is 2.91. The number of hydrogen-bond donors (Lipinski definition) is 3. The number of nitrogens with zero attached hydrogens (tertiary/aromatic N) is 4. The normalized spacial score (nSPS) is 25.3. The van der Waals surface area contributed by atoms with Gasteiger partial charge in [-0.2, -0.15) is 9.97 Å². The van der Waals surface area contributed by atoms with Gasteiger partial charge in [-0.15, -0.1) is 0 Å². The number of nitrogens with two attached hydrogens (primary N) is 1. The monoisotopic (exact) mass is 402 g/mol. The van der Waals surface area contributed by atoms with Crippen LogP contribution in [0.1, 0.15) is 39.5 Å². The summed E-state index contributed by atoms with van der Waals surface area (Å²) < 4.78 is 13.2. The van der Waals surface area contributed by atoms with Crippen LogP contribution in [0.5, 0.6) is 5.88 Å². The van der Waals surface area contributed by atoms with Crippen LogP contribution in [-0.4, -0.2) is 44.5 Å². The number of ether oxygens (including phenoxy) is 2. The Bertz CT molecular complexity index is 924. The van der Waals surface area contributed by atoms with E-state index in [1.54, 1.807) is 10.2 Å². The summed E-state index contributed by atoms with van der Waals surface area (Å²) in [6, 6.07) is 2.15. The van der Waals surface area contributed by atoms with Gasteiger partial charge in [-0.3, -0.25) is 8.96 Å². The summed E-state index contributed by atoms with van der Waals surface area (Å²) >= 11 is 4.39. The molecule has 0 bridgehead atoms. The summed E-state index contributed by atoms with van der Waals surface area (Å²) in [5.74, 6) is 0.897. The van der Waals surface area contributed by atoms with Crippen LogP contribution in [0.4, 0.5) is 5.95 Å². The van der Waals surface area contributed by atoms with Crippen LogP contribution in [0.3, 0.4) is 0 Å². The highest BCUT2D eigenvalue weighted by molar-refractivity contribution is 7.78. The molecule has 2 fully saturated rings. The summed E-state index contributed by atoms with van der Waals surface area (Å²) in [6.07, 6.45) is 7.55. The first-order valence-electron chi connectivity index (χ1n) is 9.62. The third-order valence-corrected chi connectivity index (χ3v) is 5.67. The zero-order valence-corrected chi connectivity index (χ0v) is 17.1. The van der Waals surface area contributed by atoms with Crippen molar-refractivity contribution < 1.29 is 9.47 Å². The molecule has 1 aliphatic carbocycles. The van der Waals surface area contributed by atoms with Gasteiger partial charge >= 0.3 is 0 Å². The predicted molar refractivity (Wildman–Crippen MR) is 113 cm³/mol. The SMILES string of the molecule is CCOc1nc(NC(=CN)C(C)=NC2CC3(CCCO3)C2)nc2c1ccn2S. The van der Waals surface area contributed by atoms with Gasteiger partial charge in [0.05, 0.1) is 35.0 Å². The number of fused-ring (bicyclic) bond motifs is 1. The van der Waals surface area contributed by atoms with Gasteiger partial charge in [-0.25, -0.2) is 0 Å². The van der Waals surface area contributed by atoms with Crippen LogP contribution in [0.25, 0.3) is 11.0 Å². The first kappa shape index (κ1) is 19.1. The Morgan fingerprint density at radius 3 is 3.04 bits per heavy atom. The first-order chi connectivity index (χ1) is 13.5. The zero-order chi connectivity index (χ0) is 19.7. The zero-order valence-electron chi connectivity index (χ0n) is 16.2.